The second-order valence-corrected chi connectivity index (χ2v) is 21.5. The van der Waals surface area contributed by atoms with E-state index in [4.69, 9.17) is 52.1 Å². The van der Waals surface area contributed by atoms with E-state index in [0.717, 1.165) is 76.0 Å². The Morgan fingerprint density at radius 1 is 0.653 bits per heavy atom. The highest BCUT2D eigenvalue weighted by molar-refractivity contribution is 6.31. The van der Waals surface area contributed by atoms with Gasteiger partial charge in [-0.1, -0.05) is 53.5 Å². The zero-order valence-electron chi connectivity index (χ0n) is 42.8. The summed E-state index contributed by atoms with van der Waals surface area (Å²) in [5.41, 5.74) is 9.32. The highest BCUT2D eigenvalue weighted by Gasteiger charge is 2.38. The maximum absolute atomic E-state index is 12.6. The number of ether oxygens (including phenoxy) is 4. The summed E-state index contributed by atoms with van der Waals surface area (Å²) in [5.74, 6) is 0.0784. The van der Waals surface area contributed by atoms with Crippen LogP contribution in [0.4, 0.5) is 9.59 Å². The number of likely N-dealkylation sites (tertiary alicyclic amines) is 2. The van der Waals surface area contributed by atoms with Gasteiger partial charge in [-0.3, -0.25) is 14.8 Å². The maximum atomic E-state index is 12.6. The number of rotatable bonds is 9. The van der Waals surface area contributed by atoms with Gasteiger partial charge in [0.15, 0.2) is 0 Å². The molecule has 382 valence electrons. The van der Waals surface area contributed by atoms with Crippen molar-refractivity contribution < 1.29 is 38.1 Å². The van der Waals surface area contributed by atoms with Gasteiger partial charge in [0.1, 0.15) is 11.2 Å². The molecule has 2 aliphatic carbocycles. The lowest BCUT2D eigenvalue weighted by atomic mass is 9.76. The fraction of sp³-hybridized carbons (Fsp3) is 0.448. The zero-order valence-corrected chi connectivity index (χ0v) is 44.4. The standard InChI is InChI=1S/C29H35ClN2O4.C29H33ClN2O4/c2*1-5-35-25(33)11-8-20-17-21-18-22(30)9-10-23(21)26(27-24(20)7-6-14-31-27)19-12-15-32(16-13-19)28(34)36-29(2,3)4/h6-7,9-10,14,17-19,26H,5,8,11-13,15-16H2,1-4H3;6-11,14,17-19,26H,5,12-13,15-16H2,1-4H3/b;11-8+. The molecule has 12 nitrogen and oxygen atoms in total. The van der Waals surface area contributed by atoms with Crippen LogP contribution < -0.4 is 0 Å². The Balaban J connectivity index is 0.000000211. The minimum atomic E-state index is -0.518. The molecule has 0 saturated carbocycles. The van der Waals surface area contributed by atoms with Crippen molar-refractivity contribution in [1.29, 1.82) is 0 Å². The predicted molar refractivity (Wildman–Crippen MR) is 284 cm³/mol. The van der Waals surface area contributed by atoms with Crippen molar-refractivity contribution >= 4 is 70.6 Å². The lowest BCUT2D eigenvalue weighted by Crippen LogP contribution is -2.42. The summed E-state index contributed by atoms with van der Waals surface area (Å²) in [6.07, 6.45) is 14.8. The molecule has 2 amide bonds. The van der Waals surface area contributed by atoms with Crippen molar-refractivity contribution in [2.45, 2.75) is 117 Å². The number of allylic oxidation sites excluding steroid dienone is 3. The monoisotopic (exact) mass is 1020 g/mol. The number of benzene rings is 2. The van der Waals surface area contributed by atoms with Gasteiger partial charge in [-0.05, 0) is 187 Å². The molecule has 0 spiro atoms. The quantitative estimate of drug-likeness (QED) is 0.0905. The molecule has 0 bridgehead atoms. The highest BCUT2D eigenvalue weighted by Crippen LogP contribution is 2.47. The van der Waals surface area contributed by atoms with Crippen LogP contribution >= 0.6 is 23.2 Å². The summed E-state index contributed by atoms with van der Waals surface area (Å²) in [6.45, 7) is 18.2. The fourth-order valence-corrected chi connectivity index (χ4v) is 10.5. The SMILES string of the molecule is CCOC(=O)/C=C/C1=Cc2cc(Cl)ccc2C(C2CCN(C(=O)OC(C)(C)C)CC2)c2ncccc21.CCOC(=O)CCC1=Cc2cc(Cl)ccc2C(C2CCN(C(=O)OC(C)(C)C)CC2)c2ncccc21. The number of amides is 2. The number of aromatic nitrogens is 2. The first-order chi connectivity index (χ1) is 34.3. The lowest BCUT2D eigenvalue weighted by Gasteiger charge is -2.37. The van der Waals surface area contributed by atoms with Gasteiger partial charge in [-0.25, -0.2) is 14.4 Å². The third-order valence-corrected chi connectivity index (χ3v) is 13.7. The molecule has 14 heteroatoms. The summed E-state index contributed by atoms with van der Waals surface area (Å²) >= 11 is 12.8. The summed E-state index contributed by atoms with van der Waals surface area (Å²) in [7, 11) is 0. The number of piperidine rings is 2. The van der Waals surface area contributed by atoms with E-state index in [1.54, 1.807) is 17.9 Å². The van der Waals surface area contributed by atoms with Gasteiger partial charge in [-0.15, -0.1) is 0 Å². The third kappa shape index (κ3) is 13.7. The van der Waals surface area contributed by atoms with Crippen LogP contribution in [0.2, 0.25) is 10.0 Å². The number of hydrogen-bond donors (Lipinski definition) is 0. The second-order valence-electron chi connectivity index (χ2n) is 20.6. The lowest BCUT2D eigenvalue weighted by molar-refractivity contribution is -0.143. The van der Waals surface area contributed by atoms with Crippen molar-refractivity contribution in [2.24, 2.45) is 11.8 Å². The van der Waals surface area contributed by atoms with E-state index in [2.05, 4.69) is 30.4 Å². The van der Waals surface area contributed by atoms with E-state index in [0.29, 0.717) is 68.2 Å². The first-order valence-corrected chi connectivity index (χ1v) is 26.0. The van der Waals surface area contributed by atoms with Gasteiger partial charge < -0.3 is 28.7 Å². The molecule has 2 aromatic carbocycles. The average molecular weight is 1020 g/mol. The van der Waals surface area contributed by atoms with Gasteiger partial charge in [-0.2, -0.15) is 0 Å². The van der Waals surface area contributed by atoms with Crippen LogP contribution in [0.3, 0.4) is 0 Å². The molecule has 8 rings (SSSR count). The van der Waals surface area contributed by atoms with E-state index in [-0.39, 0.29) is 41.9 Å². The van der Waals surface area contributed by atoms with Gasteiger partial charge in [0.2, 0.25) is 0 Å². The van der Waals surface area contributed by atoms with Crippen LogP contribution in [0.15, 0.2) is 85.2 Å². The number of carbonyl (C=O) groups is 4. The van der Waals surface area contributed by atoms with Crippen LogP contribution in [0, 0.1) is 11.8 Å². The molecule has 4 heterocycles. The largest absolute Gasteiger partial charge is 0.466 e. The highest BCUT2D eigenvalue weighted by atomic mass is 35.5. The van der Waals surface area contributed by atoms with Gasteiger partial charge in [0.25, 0.3) is 0 Å². The number of esters is 2. The molecule has 2 saturated heterocycles. The average Bonchev–Trinajstić information content (AvgIpc) is 3.56. The van der Waals surface area contributed by atoms with Gasteiger partial charge in [0.05, 0.1) is 24.6 Å². The first kappa shape index (κ1) is 53.8. The fourth-order valence-electron chi connectivity index (χ4n) is 10.2. The Kier molecular flexibility index (Phi) is 17.7. The minimum Gasteiger partial charge on any atom is -0.466 e. The maximum Gasteiger partial charge on any atom is 0.410 e. The summed E-state index contributed by atoms with van der Waals surface area (Å²) in [4.78, 5) is 62.8. The second kappa shape index (κ2) is 23.7. The first-order valence-electron chi connectivity index (χ1n) is 25.2. The smallest absolute Gasteiger partial charge is 0.410 e. The van der Waals surface area contributed by atoms with Crippen molar-refractivity contribution in [2.75, 3.05) is 39.4 Å². The number of nitrogens with zero attached hydrogens (tertiary/aromatic N) is 4. The molecule has 0 radical (unpaired) electrons. The number of pyridine rings is 2. The Morgan fingerprint density at radius 2 is 1.12 bits per heavy atom. The summed E-state index contributed by atoms with van der Waals surface area (Å²) in [5, 5.41) is 1.32. The number of carbonyl (C=O) groups excluding carboxylic acids is 4. The zero-order chi connectivity index (χ0) is 51.7. The Labute approximate surface area is 434 Å². The van der Waals surface area contributed by atoms with Crippen LogP contribution in [-0.2, 0) is 28.5 Å². The predicted octanol–water partition coefficient (Wildman–Crippen LogP) is 13.2. The molecule has 4 aromatic rings. The topological polar surface area (TPSA) is 137 Å². The summed E-state index contributed by atoms with van der Waals surface area (Å²) in [6, 6.07) is 20.0. The van der Waals surface area contributed by atoms with E-state index in [1.807, 2.05) is 108 Å². The Bertz CT molecular complexity index is 2700. The third-order valence-electron chi connectivity index (χ3n) is 13.2. The molecule has 2 atom stereocenters. The van der Waals surface area contributed by atoms with E-state index in [9.17, 15) is 19.2 Å². The molecule has 2 aromatic heterocycles. The number of halogens is 2. The molecule has 4 aliphatic rings. The Hall–Kier alpha value is -5.98. The summed E-state index contributed by atoms with van der Waals surface area (Å²) < 4.78 is 21.4. The Morgan fingerprint density at radius 3 is 1.61 bits per heavy atom. The van der Waals surface area contributed by atoms with Crippen molar-refractivity contribution in [1.82, 2.24) is 19.8 Å². The van der Waals surface area contributed by atoms with Gasteiger partial charge >= 0.3 is 24.1 Å². The number of fused-ring (bicyclic) bond motifs is 4. The van der Waals surface area contributed by atoms with Crippen LogP contribution in [-0.4, -0.2) is 94.5 Å². The van der Waals surface area contributed by atoms with E-state index >= 15 is 0 Å². The van der Waals surface area contributed by atoms with Crippen molar-refractivity contribution in [3.8, 4) is 0 Å². The van der Waals surface area contributed by atoms with Gasteiger partial charge in [0, 0.05) is 78.5 Å². The molecular weight excluding hydrogens is 952 g/mol. The van der Waals surface area contributed by atoms with Crippen molar-refractivity contribution in [3.05, 3.63) is 140 Å². The van der Waals surface area contributed by atoms with Crippen molar-refractivity contribution in [3.63, 3.8) is 0 Å². The normalized spacial score (nSPS) is 18.1. The molecular formula is C58H68Cl2N4O8. The van der Waals surface area contributed by atoms with E-state index < -0.39 is 11.2 Å². The molecule has 2 unspecified atom stereocenters. The minimum absolute atomic E-state index is 0.0268. The van der Waals surface area contributed by atoms with Crippen LogP contribution in [0.25, 0.3) is 23.3 Å². The molecule has 2 fully saturated rings. The molecule has 72 heavy (non-hydrogen) atoms. The van der Waals surface area contributed by atoms with Crippen LogP contribution in [0.5, 0.6) is 0 Å². The molecule has 2 aliphatic heterocycles. The number of hydrogen-bond acceptors (Lipinski definition) is 10. The van der Waals surface area contributed by atoms with E-state index in [1.165, 1.54) is 11.6 Å². The van der Waals surface area contributed by atoms with Crippen LogP contribution in [0.1, 0.15) is 151 Å². The molecule has 0 N–H and O–H groups in total.